The molecule has 0 saturated heterocycles. The summed E-state index contributed by atoms with van der Waals surface area (Å²) in [5.41, 5.74) is -0.596. The lowest BCUT2D eigenvalue weighted by Crippen LogP contribution is -2.37. The Morgan fingerprint density at radius 3 is 2.48 bits per heavy atom. The fourth-order valence-electron chi connectivity index (χ4n) is 1.30. The van der Waals surface area contributed by atoms with Crippen molar-refractivity contribution in [1.82, 2.24) is 4.72 Å². The largest absolute Gasteiger partial charge is 0.478 e. The van der Waals surface area contributed by atoms with E-state index < -0.39 is 28.4 Å². The molecule has 0 aliphatic carbocycles. The molecule has 116 valence electrons. The number of hydrogen-bond acceptors (Lipinski definition) is 5. The van der Waals surface area contributed by atoms with E-state index in [2.05, 4.69) is 4.74 Å². The van der Waals surface area contributed by atoms with Gasteiger partial charge in [-0.25, -0.2) is 14.3 Å². The van der Waals surface area contributed by atoms with Crippen LogP contribution in [-0.2, 0) is 14.9 Å². The van der Waals surface area contributed by atoms with Crippen molar-refractivity contribution in [3.63, 3.8) is 0 Å². The standard InChI is InChI=1S/C11H13ClN2O6S/c1-6(2)20-11(17)14-21(18,19)13-9-4-3-7(12)5-8(9)10(15)16/h3-6,13H,1-2H3,(H,14,17)(H,15,16). The smallest absolute Gasteiger partial charge is 0.422 e. The molecule has 0 unspecified atom stereocenters. The molecule has 0 fully saturated rings. The third kappa shape index (κ3) is 5.48. The van der Waals surface area contributed by atoms with Gasteiger partial charge in [-0.2, -0.15) is 8.42 Å². The lowest BCUT2D eigenvalue weighted by molar-refractivity contribution is 0.0698. The summed E-state index contributed by atoms with van der Waals surface area (Å²) in [4.78, 5) is 22.3. The van der Waals surface area contributed by atoms with Gasteiger partial charge in [0.25, 0.3) is 0 Å². The number of nitrogens with one attached hydrogen (secondary N) is 2. The fraction of sp³-hybridized carbons (Fsp3) is 0.273. The Morgan fingerprint density at radius 1 is 1.33 bits per heavy atom. The molecular weight excluding hydrogens is 324 g/mol. The molecule has 1 aromatic carbocycles. The molecule has 0 heterocycles. The van der Waals surface area contributed by atoms with E-state index in [1.54, 1.807) is 18.6 Å². The molecule has 0 aliphatic heterocycles. The quantitative estimate of drug-likeness (QED) is 0.754. The second kappa shape index (κ2) is 6.64. The maximum atomic E-state index is 11.7. The first kappa shape index (κ1) is 17.1. The molecule has 1 aromatic rings. The third-order valence-corrected chi connectivity index (χ3v) is 3.18. The lowest BCUT2D eigenvalue weighted by Gasteiger charge is -2.13. The number of anilines is 1. The first-order valence-corrected chi connectivity index (χ1v) is 7.51. The number of benzene rings is 1. The summed E-state index contributed by atoms with van der Waals surface area (Å²) in [5, 5.41) is 9.11. The summed E-state index contributed by atoms with van der Waals surface area (Å²) in [6.45, 7) is 3.09. The SMILES string of the molecule is CC(C)OC(=O)NS(=O)(=O)Nc1ccc(Cl)cc1C(=O)O. The van der Waals surface area contributed by atoms with E-state index >= 15 is 0 Å². The van der Waals surface area contributed by atoms with Gasteiger partial charge in [0.1, 0.15) is 0 Å². The Labute approximate surface area is 126 Å². The molecule has 0 bridgehead atoms. The molecule has 1 rings (SSSR count). The molecule has 1 amide bonds. The van der Waals surface area contributed by atoms with Crippen LogP contribution in [0.3, 0.4) is 0 Å². The Balaban J connectivity index is 2.94. The van der Waals surface area contributed by atoms with Crippen LogP contribution in [-0.4, -0.2) is 31.7 Å². The molecule has 21 heavy (non-hydrogen) atoms. The first-order valence-electron chi connectivity index (χ1n) is 5.64. The second-order valence-corrected chi connectivity index (χ2v) is 6.01. The minimum atomic E-state index is -4.33. The van der Waals surface area contributed by atoms with E-state index in [0.29, 0.717) is 0 Å². The van der Waals surface area contributed by atoms with Gasteiger partial charge in [-0.3, -0.25) is 4.72 Å². The summed E-state index contributed by atoms with van der Waals surface area (Å²) in [5.74, 6) is -1.38. The molecule has 0 aliphatic rings. The highest BCUT2D eigenvalue weighted by molar-refractivity contribution is 7.91. The molecule has 0 atom stereocenters. The number of halogens is 1. The number of amides is 1. The Morgan fingerprint density at radius 2 is 1.95 bits per heavy atom. The highest BCUT2D eigenvalue weighted by Crippen LogP contribution is 2.21. The highest BCUT2D eigenvalue weighted by Gasteiger charge is 2.20. The van der Waals surface area contributed by atoms with Crippen molar-refractivity contribution >= 4 is 39.6 Å². The van der Waals surface area contributed by atoms with Crippen LogP contribution < -0.4 is 9.44 Å². The van der Waals surface area contributed by atoms with E-state index in [1.807, 2.05) is 4.72 Å². The van der Waals surface area contributed by atoms with Gasteiger partial charge in [-0.05, 0) is 32.0 Å². The van der Waals surface area contributed by atoms with Crippen LogP contribution in [0, 0.1) is 0 Å². The van der Waals surface area contributed by atoms with Gasteiger partial charge < -0.3 is 9.84 Å². The molecule has 0 spiro atoms. The van der Waals surface area contributed by atoms with Gasteiger partial charge in [0.05, 0.1) is 17.4 Å². The minimum Gasteiger partial charge on any atom is -0.478 e. The summed E-state index contributed by atoms with van der Waals surface area (Å²) < 4.78 is 31.5. The predicted octanol–water partition coefficient (Wildman–Crippen LogP) is 1.83. The summed E-state index contributed by atoms with van der Waals surface area (Å²) in [6, 6.07) is 3.55. The van der Waals surface area contributed by atoms with Crippen LogP contribution >= 0.6 is 11.6 Å². The van der Waals surface area contributed by atoms with Gasteiger partial charge in [-0.1, -0.05) is 11.6 Å². The Kier molecular flexibility index (Phi) is 5.39. The van der Waals surface area contributed by atoms with Gasteiger partial charge in [0.15, 0.2) is 0 Å². The van der Waals surface area contributed by atoms with Crippen molar-refractivity contribution in [2.24, 2.45) is 0 Å². The molecule has 0 radical (unpaired) electrons. The number of ether oxygens (including phenoxy) is 1. The zero-order valence-corrected chi connectivity index (χ0v) is 12.7. The van der Waals surface area contributed by atoms with Crippen molar-refractivity contribution in [3.05, 3.63) is 28.8 Å². The van der Waals surface area contributed by atoms with Gasteiger partial charge in [-0.15, -0.1) is 0 Å². The molecule has 0 aromatic heterocycles. The number of carbonyl (C=O) groups is 2. The van der Waals surface area contributed by atoms with E-state index in [4.69, 9.17) is 16.7 Å². The van der Waals surface area contributed by atoms with E-state index in [1.165, 1.54) is 12.1 Å². The van der Waals surface area contributed by atoms with Crippen molar-refractivity contribution in [2.75, 3.05) is 4.72 Å². The van der Waals surface area contributed by atoms with Crippen molar-refractivity contribution in [2.45, 2.75) is 20.0 Å². The summed E-state index contributed by atoms with van der Waals surface area (Å²) in [7, 11) is -4.33. The van der Waals surface area contributed by atoms with Crippen LogP contribution in [0.15, 0.2) is 18.2 Å². The second-order valence-electron chi connectivity index (χ2n) is 4.16. The molecule has 8 nitrogen and oxygen atoms in total. The van der Waals surface area contributed by atoms with Crippen LogP contribution in [0.1, 0.15) is 24.2 Å². The minimum absolute atomic E-state index is 0.127. The Hall–Kier alpha value is -2.00. The monoisotopic (exact) mass is 336 g/mol. The number of aromatic carboxylic acids is 1. The van der Waals surface area contributed by atoms with Gasteiger partial charge in [0, 0.05) is 5.02 Å². The maximum Gasteiger partial charge on any atom is 0.422 e. The average Bonchev–Trinajstić information content (AvgIpc) is 2.28. The van der Waals surface area contributed by atoms with E-state index in [-0.39, 0.29) is 16.3 Å². The molecule has 0 saturated carbocycles. The number of rotatable bonds is 5. The molecular formula is C11H13ClN2O6S. The topological polar surface area (TPSA) is 122 Å². The van der Waals surface area contributed by atoms with E-state index in [9.17, 15) is 18.0 Å². The summed E-state index contributed by atoms with van der Waals surface area (Å²) in [6.07, 6.45) is -1.69. The van der Waals surface area contributed by atoms with Gasteiger partial charge >= 0.3 is 22.3 Å². The zero-order valence-electron chi connectivity index (χ0n) is 11.1. The summed E-state index contributed by atoms with van der Waals surface area (Å²) >= 11 is 5.64. The average molecular weight is 337 g/mol. The predicted molar refractivity (Wildman–Crippen MR) is 75.7 cm³/mol. The van der Waals surface area contributed by atoms with Crippen LogP contribution in [0.4, 0.5) is 10.5 Å². The fourth-order valence-corrected chi connectivity index (χ4v) is 2.26. The zero-order chi connectivity index (χ0) is 16.2. The van der Waals surface area contributed by atoms with Crippen LogP contribution in [0.5, 0.6) is 0 Å². The van der Waals surface area contributed by atoms with Gasteiger partial charge in [0.2, 0.25) is 0 Å². The molecule has 10 heteroatoms. The number of hydrogen-bond donors (Lipinski definition) is 3. The van der Waals surface area contributed by atoms with Crippen molar-refractivity contribution in [3.8, 4) is 0 Å². The highest BCUT2D eigenvalue weighted by atomic mass is 35.5. The number of carboxylic acid groups (broad SMARTS) is 1. The lowest BCUT2D eigenvalue weighted by atomic mass is 10.2. The van der Waals surface area contributed by atoms with Crippen LogP contribution in [0.25, 0.3) is 0 Å². The Bertz CT molecular complexity index is 659. The third-order valence-electron chi connectivity index (χ3n) is 2.02. The van der Waals surface area contributed by atoms with Crippen LogP contribution in [0.2, 0.25) is 5.02 Å². The number of carbonyl (C=O) groups excluding carboxylic acids is 1. The molecule has 3 N–H and O–H groups in total. The maximum absolute atomic E-state index is 11.7. The normalized spacial score (nSPS) is 11.0. The first-order chi connectivity index (χ1) is 9.60. The van der Waals surface area contributed by atoms with E-state index in [0.717, 1.165) is 6.07 Å². The van der Waals surface area contributed by atoms with Crippen molar-refractivity contribution < 1.29 is 27.9 Å². The number of carboxylic acids is 1. The van der Waals surface area contributed by atoms with Crippen molar-refractivity contribution in [1.29, 1.82) is 0 Å².